The lowest BCUT2D eigenvalue weighted by molar-refractivity contribution is -0.127. The van der Waals surface area contributed by atoms with E-state index in [2.05, 4.69) is 5.32 Å². The van der Waals surface area contributed by atoms with Gasteiger partial charge in [0.2, 0.25) is 0 Å². The van der Waals surface area contributed by atoms with E-state index >= 15 is 0 Å². The second kappa shape index (κ2) is 8.08. The average molecular weight is 315 g/mol. The van der Waals surface area contributed by atoms with E-state index in [-0.39, 0.29) is 5.91 Å². The number of carbonyl (C=O) groups excluding carboxylic acids is 1. The quantitative estimate of drug-likeness (QED) is 0.853. The highest BCUT2D eigenvalue weighted by atomic mass is 16.5. The Labute approximate surface area is 136 Å². The number of hydrogen-bond acceptors (Lipinski definition) is 4. The van der Waals surface area contributed by atoms with Crippen LogP contribution in [-0.4, -0.2) is 26.2 Å². The van der Waals surface area contributed by atoms with E-state index in [1.54, 1.807) is 45.4 Å². The topological polar surface area (TPSA) is 56.8 Å². The van der Waals surface area contributed by atoms with Crippen molar-refractivity contribution >= 4 is 5.91 Å². The summed E-state index contributed by atoms with van der Waals surface area (Å²) in [6.07, 6.45) is -0.599. The van der Waals surface area contributed by atoms with E-state index in [1.165, 1.54) is 0 Å². The number of para-hydroxylation sites is 1. The molecule has 0 saturated heterocycles. The molecule has 0 fully saturated rings. The Morgan fingerprint density at radius 2 is 1.65 bits per heavy atom. The number of methoxy groups -OCH3 is 2. The standard InChI is InChI=1S/C18H21NO4/c1-13(23-16-10-8-15(21-2)9-11-16)18(20)19-12-14-6-4-5-7-17(14)22-3/h4-11,13H,12H2,1-3H3,(H,19,20)/t13-/m0/s1. The molecule has 0 bridgehead atoms. The van der Waals surface area contributed by atoms with E-state index in [4.69, 9.17) is 14.2 Å². The lowest BCUT2D eigenvalue weighted by Gasteiger charge is -2.15. The Kier molecular flexibility index (Phi) is 5.86. The van der Waals surface area contributed by atoms with Crippen molar-refractivity contribution in [3.63, 3.8) is 0 Å². The van der Waals surface area contributed by atoms with Crippen molar-refractivity contribution in [1.29, 1.82) is 0 Å². The average Bonchev–Trinajstić information content (AvgIpc) is 2.60. The number of nitrogens with one attached hydrogen (secondary N) is 1. The fraction of sp³-hybridized carbons (Fsp3) is 0.278. The Morgan fingerprint density at radius 3 is 2.30 bits per heavy atom. The van der Waals surface area contributed by atoms with Crippen molar-refractivity contribution in [2.45, 2.75) is 19.6 Å². The molecular formula is C18H21NO4. The molecule has 2 aromatic carbocycles. The summed E-state index contributed by atoms with van der Waals surface area (Å²) in [7, 11) is 3.21. The third-order valence-electron chi connectivity index (χ3n) is 3.39. The van der Waals surface area contributed by atoms with Crippen molar-refractivity contribution in [1.82, 2.24) is 5.32 Å². The smallest absolute Gasteiger partial charge is 0.261 e. The van der Waals surface area contributed by atoms with Crippen molar-refractivity contribution in [2.24, 2.45) is 0 Å². The van der Waals surface area contributed by atoms with Gasteiger partial charge in [-0.2, -0.15) is 0 Å². The van der Waals surface area contributed by atoms with Gasteiger partial charge in [0.15, 0.2) is 6.10 Å². The van der Waals surface area contributed by atoms with Crippen molar-refractivity contribution in [3.8, 4) is 17.2 Å². The Hall–Kier alpha value is -2.69. The number of benzene rings is 2. The first kappa shape index (κ1) is 16.7. The Balaban J connectivity index is 1.89. The third-order valence-corrected chi connectivity index (χ3v) is 3.39. The molecule has 0 heterocycles. The first-order chi connectivity index (χ1) is 11.1. The highest BCUT2D eigenvalue weighted by Crippen LogP contribution is 2.19. The molecule has 2 rings (SSSR count). The van der Waals surface area contributed by atoms with Crippen LogP contribution in [0.4, 0.5) is 0 Å². The SMILES string of the molecule is COc1ccc(O[C@@H](C)C(=O)NCc2ccccc2OC)cc1. The van der Waals surface area contributed by atoms with Crippen molar-refractivity contribution in [3.05, 3.63) is 54.1 Å². The molecule has 1 amide bonds. The van der Waals surface area contributed by atoms with Gasteiger partial charge in [-0.15, -0.1) is 0 Å². The predicted molar refractivity (Wildman–Crippen MR) is 87.9 cm³/mol. The maximum atomic E-state index is 12.1. The van der Waals surface area contributed by atoms with Crippen LogP contribution < -0.4 is 19.5 Å². The molecule has 0 aliphatic carbocycles. The van der Waals surface area contributed by atoms with E-state index in [0.29, 0.717) is 12.3 Å². The van der Waals surface area contributed by atoms with Gasteiger partial charge in [0, 0.05) is 12.1 Å². The first-order valence-corrected chi connectivity index (χ1v) is 7.34. The lowest BCUT2D eigenvalue weighted by atomic mass is 10.2. The van der Waals surface area contributed by atoms with Crippen LogP contribution in [0.15, 0.2) is 48.5 Å². The summed E-state index contributed by atoms with van der Waals surface area (Å²) in [5.74, 6) is 1.92. The highest BCUT2D eigenvalue weighted by Gasteiger charge is 2.15. The van der Waals surface area contributed by atoms with Crippen LogP contribution in [0, 0.1) is 0 Å². The van der Waals surface area contributed by atoms with Crippen LogP contribution in [0.25, 0.3) is 0 Å². The minimum atomic E-state index is -0.599. The molecule has 5 nitrogen and oxygen atoms in total. The van der Waals surface area contributed by atoms with E-state index in [0.717, 1.165) is 17.1 Å². The van der Waals surface area contributed by atoms with Gasteiger partial charge >= 0.3 is 0 Å². The number of amides is 1. The van der Waals surface area contributed by atoms with Gasteiger partial charge in [0.05, 0.1) is 14.2 Å². The van der Waals surface area contributed by atoms with Gasteiger partial charge in [-0.05, 0) is 37.3 Å². The first-order valence-electron chi connectivity index (χ1n) is 7.34. The van der Waals surface area contributed by atoms with E-state index < -0.39 is 6.10 Å². The summed E-state index contributed by atoms with van der Waals surface area (Å²) >= 11 is 0. The van der Waals surface area contributed by atoms with Crippen molar-refractivity contribution < 1.29 is 19.0 Å². The van der Waals surface area contributed by atoms with E-state index in [1.807, 2.05) is 24.3 Å². The van der Waals surface area contributed by atoms with Crippen LogP contribution in [0.3, 0.4) is 0 Å². The zero-order valence-electron chi connectivity index (χ0n) is 13.5. The van der Waals surface area contributed by atoms with Gasteiger partial charge in [-0.25, -0.2) is 0 Å². The van der Waals surface area contributed by atoms with Gasteiger partial charge in [0.25, 0.3) is 5.91 Å². The van der Waals surface area contributed by atoms with Crippen LogP contribution in [0.1, 0.15) is 12.5 Å². The number of carbonyl (C=O) groups is 1. The maximum Gasteiger partial charge on any atom is 0.261 e. The maximum absolute atomic E-state index is 12.1. The number of rotatable bonds is 7. The molecule has 0 spiro atoms. The molecule has 2 aromatic rings. The molecule has 5 heteroatoms. The molecule has 0 unspecified atom stereocenters. The highest BCUT2D eigenvalue weighted by molar-refractivity contribution is 5.80. The summed E-state index contributed by atoms with van der Waals surface area (Å²) in [5.41, 5.74) is 0.917. The minimum absolute atomic E-state index is 0.188. The second-order valence-corrected chi connectivity index (χ2v) is 4.97. The molecule has 122 valence electrons. The summed E-state index contributed by atoms with van der Waals surface area (Å²) < 4.78 is 16.0. The van der Waals surface area contributed by atoms with Gasteiger partial charge in [-0.1, -0.05) is 18.2 Å². The molecule has 0 saturated carbocycles. The molecule has 1 N–H and O–H groups in total. The molecule has 0 aromatic heterocycles. The number of ether oxygens (including phenoxy) is 3. The summed E-state index contributed by atoms with van der Waals surface area (Å²) in [6.45, 7) is 2.10. The molecule has 1 atom stereocenters. The zero-order chi connectivity index (χ0) is 16.7. The fourth-order valence-corrected chi connectivity index (χ4v) is 2.09. The largest absolute Gasteiger partial charge is 0.497 e. The lowest BCUT2D eigenvalue weighted by Crippen LogP contribution is -2.35. The summed E-state index contributed by atoms with van der Waals surface area (Å²) in [5, 5.41) is 2.85. The van der Waals surface area contributed by atoms with Gasteiger partial charge in [-0.3, -0.25) is 4.79 Å². The summed E-state index contributed by atoms with van der Waals surface area (Å²) in [6, 6.07) is 14.7. The van der Waals surface area contributed by atoms with Gasteiger partial charge < -0.3 is 19.5 Å². The minimum Gasteiger partial charge on any atom is -0.497 e. The second-order valence-electron chi connectivity index (χ2n) is 4.97. The molecule has 0 aliphatic heterocycles. The molecular weight excluding hydrogens is 294 g/mol. The predicted octanol–water partition coefficient (Wildman–Crippen LogP) is 2.79. The van der Waals surface area contributed by atoms with E-state index in [9.17, 15) is 4.79 Å². The Bertz CT molecular complexity index is 640. The monoisotopic (exact) mass is 315 g/mol. The Morgan fingerprint density at radius 1 is 1.00 bits per heavy atom. The van der Waals surface area contributed by atoms with Crippen LogP contribution in [0.2, 0.25) is 0 Å². The van der Waals surface area contributed by atoms with Crippen molar-refractivity contribution in [2.75, 3.05) is 14.2 Å². The molecule has 0 radical (unpaired) electrons. The zero-order valence-corrected chi connectivity index (χ0v) is 13.5. The van der Waals surface area contributed by atoms with Crippen LogP contribution >= 0.6 is 0 Å². The molecule has 23 heavy (non-hydrogen) atoms. The number of hydrogen-bond donors (Lipinski definition) is 1. The normalized spacial score (nSPS) is 11.4. The molecule has 0 aliphatic rings. The summed E-state index contributed by atoms with van der Waals surface area (Å²) in [4.78, 5) is 12.1. The third kappa shape index (κ3) is 4.64. The van der Waals surface area contributed by atoms with Crippen LogP contribution in [0.5, 0.6) is 17.2 Å². The van der Waals surface area contributed by atoms with Gasteiger partial charge in [0.1, 0.15) is 17.2 Å². The van der Waals surface area contributed by atoms with Crippen LogP contribution in [-0.2, 0) is 11.3 Å². The fourth-order valence-electron chi connectivity index (χ4n) is 2.09.